The van der Waals surface area contributed by atoms with Gasteiger partial charge in [0.25, 0.3) is 11.8 Å². The molecule has 0 aromatic heterocycles. The molecule has 4 rings (SSSR count). The Labute approximate surface area is 242 Å². The summed E-state index contributed by atoms with van der Waals surface area (Å²) in [6.45, 7) is 5.58. The highest BCUT2D eigenvalue weighted by atomic mass is 16.5. The zero-order valence-corrected chi connectivity index (χ0v) is 24.5. The van der Waals surface area contributed by atoms with Gasteiger partial charge in [0.15, 0.2) is 0 Å². The number of aliphatic hydroxyl groups is 1. The molecule has 2 amide bonds. The van der Waals surface area contributed by atoms with Gasteiger partial charge in [0, 0.05) is 50.9 Å². The van der Waals surface area contributed by atoms with Gasteiger partial charge in [-0.05, 0) is 62.0 Å². The number of nitrogen functional groups attached to an aromatic ring is 1. The molecular formula is C32H41N5O4. The average Bonchev–Trinajstić information content (AvgIpc) is 2.95. The summed E-state index contributed by atoms with van der Waals surface area (Å²) in [7, 11) is 5.90. The Morgan fingerprint density at radius 1 is 1.12 bits per heavy atom. The maximum Gasteiger partial charge on any atom is 0.258 e. The molecule has 0 saturated carbocycles. The number of anilines is 3. The summed E-state index contributed by atoms with van der Waals surface area (Å²) >= 11 is 0. The smallest absolute Gasteiger partial charge is 0.258 e. The molecule has 0 unspecified atom stereocenters. The normalized spacial score (nSPS) is 17.7. The van der Waals surface area contributed by atoms with Crippen LogP contribution in [0.2, 0.25) is 0 Å². The van der Waals surface area contributed by atoms with E-state index in [1.165, 1.54) is 0 Å². The Hall–Kier alpha value is -4.08. The van der Waals surface area contributed by atoms with Crippen LogP contribution in [0.1, 0.15) is 40.1 Å². The molecule has 1 aliphatic rings. The number of nitrogens with zero attached hydrogens (tertiary/aromatic N) is 3. The molecule has 41 heavy (non-hydrogen) atoms. The fourth-order valence-electron chi connectivity index (χ4n) is 4.96. The van der Waals surface area contributed by atoms with Crippen molar-refractivity contribution in [3.05, 3.63) is 83.4 Å². The molecule has 0 aliphatic carbocycles. The molecule has 0 bridgehead atoms. The third-order valence-electron chi connectivity index (χ3n) is 7.53. The first-order chi connectivity index (χ1) is 19.6. The molecule has 0 spiro atoms. The molecule has 218 valence electrons. The maximum atomic E-state index is 13.5. The van der Waals surface area contributed by atoms with Gasteiger partial charge in [-0.1, -0.05) is 31.2 Å². The number of nitrogens with two attached hydrogens (primary N) is 1. The third kappa shape index (κ3) is 7.17. The van der Waals surface area contributed by atoms with Crippen molar-refractivity contribution < 1.29 is 19.4 Å². The number of likely N-dealkylation sites (N-methyl/N-ethyl adjacent to an activating group) is 1. The number of rotatable bonds is 9. The minimum absolute atomic E-state index is 0.0218. The molecule has 3 aromatic rings. The predicted molar refractivity (Wildman–Crippen MR) is 164 cm³/mol. The van der Waals surface area contributed by atoms with Gasteiger partial charge in [-0.15, -0.1) is 0 Å². The van der Waals surface area contributed by atoms with Crippen molar-refractivity contribution in [1.29, 1.82) is 0 Å². The minimum Gasteiger partial charge on any atom is -0.488 e. The number of carbonyl (C=O) groups is 2. The summed E-state index contributed by atoms with van der Waals surface area (Å²) in [6.07, 6.45) is -0.188. The third-order valence-corrected chi connectivity index (χ3v) is 7.53. The molecular weight excluding hydrogens is 518 g/mol. The number of hydrogen-bond acceptors (Lipinski definition) is 7. The first kappa shape index (κ1) is 29.9. The van der Waals surface area contributed by atoms with E-state index in [4.69, 9.17) is 10.5 Å². The van der Waals surface area contributed by atoms with Gasteiger partial charge in [0.2, 0.25) is 0 Å². The summed E-state index contributed by atoms with van der Waals surface area (Å²) in [4.78, 5) is 32.1. The lowest BCUT2D eigenvalue weighted by atomic mass is 9.99. The number of para-hydroxylation sites is 2. The van der Waals surface area contributed by atoms with Crippen LogP contribution >= 0.6 is 0 Å². The molecule has 9 nitrogen and oxygen atoms in total. The van der Waals surface area contributed by atoms with E-state index < -0.39 is 0 Å². The Morgan fingerprint density at radius 3 is 2.49 bits per heavy atom. The van der Waals surface area contributed by atoms with E-state index in [2.05, 4.69) is 17.1 Å². The molecule has 4 N–H and O–H groups in total. The van der Waals surface area contributed by atoms with Crippen LogP contribution < -0.4 is 20.7 Å². The lowest BCUT2D eigenvalue weighted by Gasteiger charge is -2.38. The number of fused-ring (bicyclic) bond motifs is 1. The van der Waals surface area contributed by atoms with Crippen LogP contribution in [0.5, 0.6) is 5.75 Å². The lowest BCUT2D eigenvalue weighted by Crippen LogP contribution is -2.49. The molecule has 0 saturated heterocycles. The molecule has 1 heterocycles. The van der Waals surface area contributed by atoms with Crippen molar-refractivity contribution >= 4 is 28.9 Å². The van der Waals surface area contributed by atoms with Gasteiger partial charge in [-0.2, -0.15) is 0 Å². The number of ether oxygens (including phenoxy) is 1. The van der Waals surface area contributed by atoms with E-state index in [1.54, 1.807) is 17.0 Å². The van der Waals surface area contributed by atoms with E-state index in [-0.39, 0.29) is 36.5 Å². The topological polar surface area (TPSA) is 111 Å². The first-order valence-corrected chi connectivity index (χ1v) is 13.9. The van der Waals surface area contributed by atoms with Crippen molar-refractivity contribution in [2.45, 2.75) is 32.5 Å². The van der Waals surface area contributed by atoms with Crippen molar-refractivity contribution in [3.8, 4) is 5.75 Å². The van der Waals surface area contributed by atoms with Gasteiger partial charge in [-0.3, -0.25) is 14.5 Å². The van der Waals surface area contributed by atoms with E-state index >= 15 is 0 Å². The molecule has 3 atom stereocenters. The number of carbonyl (C=O) groups excluding carboxylic acids is 2. The number of benzene rings is 3. The molecule has 9 heteroatoms. The van der Waals surface area contributed by atoms with Crippen LogP contribution in [0.15, 0.2) is 66.7 Å². The Bertz CT molecular complexity index is 1360. The van der Waals surface area contributed by atoms with Gasteiger partial charge < -0.3 is 30.7 Å². The number of nitrogens with one attached hydrogen (secondary N) is 1. The van der Waals surface area contributed by atoms with E-state index in [1.807, 2.05) is 87.6 Å². The summed E-state index contributed by atoms with van der Waals surface area (Å²) in [5, 5.41) is 12.7. The number of amides is 2. The van der Waals surface area contributed by atoms with Crippen LogP contribution in [-0.4, -0.2) is 79.7 Å². The van der Waals surface area contributed by atoms with Gasteiger partial charge in [-0.25, -0.2) is 0 Å². The summed E-state index contributed by atoms with van der Waals surface area (Å²) in [5.74, 6) is 0.221. The van der Waals surface area contributed by atoms with Gasteiger partial charge in [0.05, 0.1) is 29.6 Å². The summed E-state index contributed by atoms with van der Waals surface area (Å²) in [6, 6.07) is 20.0. The highest BCUT2D eigenvalue weighted by molar-refractivity contribution is 6.05. The van der Waals surface area contributed by atoms with Crippen molar-refractivity contribution in [3.63, 3.8) is 0 Å². The van der Waals surface area contributed by atoms with Crippen molar-refractivity contribution in [2.75, 3.05) is 56.8 Å². The summed E-state index contributed by atoms with van der Waals surface area (Å²) in [5.41, 5.74) is 10.1. The van der Waals surface area contributed by atoms with E-state index in [0.29, 0.717) is 47.9 Å². The first-order valence-electron chi connectivity index (χ1n) is 13.9. The number of hydrogen-bond donors (Lipinski definition) is 3. The van der Waals surface area contributed by atoms with Crippen LogP contribution in [0.3, 0.4) is 0 Å². The standard InChI is InChI=1S/C32H41N5O4/c1-21-17-37(22(2)20-38)32(40)26-16-25(35(3)4)14-15-29(26)41-30(21)19-36(5)18-23-10-12-24(13-11-23)31(39)34-28-9-7-6-8-27(28)33/h6-16,21-22,30,38H,17-20,33H2,1-5H3,(H,34,39)/t21-,22-,30-/m0/s1. The van der Waals surface area contributed by atoms with Crippen LogP contribution in [-0.2, 0) is 6.54 Å². The fraction of sp³-hybridized carbons (Fsp3) is 0.375. The Kier molecular flexibility index (Phi) is 9.52. The fourth-order valence-corrected chi connectivity index (χ4v) is 4.96. The minimum atomic E-state index is -0.314. The van der Waals surface area contributed by atoms with Gasteiger partial charge in [0.1, 0.15) is 11.9 Å². The highest BCUT2D eigenvalue weighted by Crippen LogP contribution is 2.31. The second-order valence-corrected chi connectivity index (χ2v) is 11.1. The van der Waals surface area contributed by atoms with Gasteiger partial charge >= 0.3 is 0 Å². The van der Waals surface area contributed by atoms with E-state index in [9.17, 15) is 14.7 Å². The largest absolute Gasteiger partial charge is 0.488 e. The lowest BCUT2D eigenvalue weighted by molar-refractivity contribution is 0.0341. The quantitative estimate of drug-likeness (QED) is 0.341. The molecule has 0 radical (unpaired) electrons. The monoisotopic (exact) mass is 559 g/mol. The SMILES string of the molecule is C[C@H]1CN([C@@H](C)CO)C(=O)c2cc(N(C)C)ccc2O[C@H]1CN(C)Cc1ccc(C(=O)Nc2ccccc2N)cc1. The van der Waals surface area contributed by atoms with Crippen molar-refractivity contribution in [2.24, 2.45) is 5.92 Å². The molecule has 1 aliphatic heterocycles. The zero-order valence-electron chi connectivity index (χ0n) is 24.5. The summed E-state index contributed by atoms with van der Waals surface area (Å²) < 4.78 is 6.51. The average molecular weight is 560 g/mol. The van der Waals surface area contributed by atoms with Crippen LogP contribution in [0.4, 0.5) is 17.1 Å². The number of aliphatic hydroxyl groups excluding tert-OH is 1. The van der Waals surface area contributed by atoms with E-state index in [0.717, 1.165) is 11.3 Å². The Balaban J connectivity index is 1.47. The second kappa shape index (κ2) is 13.1. The predicted octanol–water partition coefficient (Wildman–Crippen LogP) is 3.94. The van der Waals surface area contributed by atoms with Crippen molar-refractivity contribution in [1.82, 2.24) is 9.80 Å². The Morgan fingerprint density at radius 2 is 1.83 bits per heavy atom. The highest BCUT2D eigenvalue weighted by Gasteiger charge is 2.33. The molecule has 3 aromatic carbocycles. The zero-order chi connectivity index (χ0) is 29.7. The van der Waals surface area contributed by atoms with Crippen LogP contribution in [0.25, 0.3) is 0 Å². The second-order valence-electron chi connectivity index (χ2n) is 11.1. The molecule has 0 fully saturated rings. The van der Waals surface area contributed by atoms with Crippen LogP contribution in [0, 0.1) is 5.92 Å². The maximum absolute atomic E-state index is 13.5.